The Morgan fingerprint density at radius 2 is 1.68 bits per heavy atom. The van der Waals surface area contributed by atoms with E-state index >= 15 is 0 Å². The monoisotopic (exact) mass is 339 g/mol. The lowest BCUT2D eigenvalue weighted by Gasteiger charge is -2.57. The molecule has 0 N–H and O–H groups in total. The molecule has 5 aliphatic rings. The van der Waals surface area contributed by atoms with Crippen LogP contribution in [0.4, 0.5) is 0 Å². The highest BCUT2D eigenvalue weighted by atomic mass is 16.5. The topological polar surface area (TPSA) is 29.5 Å². The van der Waals surface area contributed by atoms with Gasteiger partial charge in [-0.3, -0.25) is 4.79 Å². The Morgan fingerprint density at radius 3 is 2.32 bits per heavy atom. The second-order valence-corrected chi connectivity index (χ2v) is 9.13. The number of nitrogens with zero attached hydrogens (tertiary/aromatic N) is 1. The van der Waals surface area contributed by atoms with Gasteiger partial charge >= 0.3 is 0 Å². The number of carbonyl (C=O) groups is 1. The summed E-state index contributed by atoms with van der Waals surface area (Å²) in [5.41, 5.74) is 1.29. The van der Waals surface area contributed by atoms with E-state index < -0.39 is 0 Å². The second-order valence-electron chi connectivity index (χ2n) is 9.13. The van der Waals surface area contributed by atoms with Crippen LogP contribution in [0.2, 0.25) is 0 Å². The van der Waals surface area contributed by atoms with Crippen molar-refractivity contribution in [2.75, 3.05) is 19.7 Å². The van der Waals surface area contributed by atoms with E-state index in [1.165, 1.54) is 44.1 Å². The molecule has 4 aliphatic carbocycles. The third kappa shape index (κ3) is 2.91. The van der Waals surface area contributed by atoms with Gasteiger partial charge in [0, 0.05) is 19.5 Å². The smallest absolute Gasteiger partial charge is 0.228 e. The summed E-state index contributed by atoms with van der Waals surface area (Å²) in [5.74, 6) is 2.96. The van der Waals surface area contributed by atoms with Crippen LogP contribution in [-0.2, 0) is 16.0 Å². The minimum absolute atomic E-state index is 0.0105. The molecular weight excluding hydrogens is 310 g/mol. The lowest BCUT2D eigenvalue weighted by molar-refractivity contribution is -0.164. The van der Waals surface area contributed by atoms with Gasteiger partial charge in [-0.05, 0) is 61.8 Å². The van der Waals surface area contributed by atoms with Crippen molar-refractivity contribution in [2.24, 2.45) is 23.2 Å². The normalized spacial score (nSPS) is 39.6. The van der Waals surface area contributed by atoms with Crippen LogP contribution in [0.3, 0.4) is 0 Å². The molecule has 1 heterocycles. The minimum atomic E-state index is -0.0105. The highest BCUT2D eigenvalue weighted by Gasteiger charge is 2.55. The number of morpholine rings is 1. The number of hydrogen-bond donors (Lipinski definition) is 0. The maximum absolute atomic E-state index is 13.5. The zero-order chi connectivity index (χ0) is 16.9. The Kier molecular flexibility index (Phi) is 3.89. The zero-order valence-electron chi connectivity index (χ0n) is 15.0. The summed E-state index contributed by atoms with van der Waals surface area (Å²) in [6.45, 7) is 2.25. The largest absolute Gasteiger partial charge is 0.374 e. The van der Waals surface area contributed by atoms with Gasteiger partial charge in [-0.25, -0.2) is 0 Å². The van der Waals surface area contributed by atoms with E-state index in [0.29, 0.717) is 12.5 Å². The van der Waals surface area contributed by atoms with Crippen LogP contribution in [0.5, 0.6) is 0 Å². The van der Waals surface area contributed by atoms with Gasteiger partial charge in [-0.2, -0.15) is 0 Å². The van der Waals surface area contributed by atoms with E-state index in [0.717, 1.165) is 37.3 Å². The minimum Gasteiger partial charge on any atom is -0.374 e. The third-order valence-electron chi connectivity index (χ3n) is 7.22. The molecule has 3 nitrogen and oxygen atoms in total. The summed E-state index contributed by atoms with van der Waals surface area (Å²) >= 11 is 0. The molecule has 1 saturated heterocycles. The van der Waals surface area contributed by atoms with E-state index in [1.54, 1.807) is 0 Å². The van der Waals surface area contributed by atoms with E-state index in [4.69, 9.17) is 4.74 Å². The summed E-state index contributed by atoms with van der Waals surface area (Å²) in [4.78, 5) is 15.7. The van der Waals surface area contributed by atoms with Crippen LogP contribution in [0.25, 0.3) is 0 Å². The van der Waals surface area contributed by atoms with E-state index in [-0.39, 0.29) is 11.5 Å². The van der Waals surface area contributed by atoms with Crippen molar-refractivity contribution in [1.29, 1.82) is 0 Å². The van der Waals surface area contributed by atoms with Crippen molar-refractivity contribution in [3.05, 3.63) is 35.9 Å². The predicted molar refractivity (Wildman–Crippen MR) is 97.1 cm³/mol. The highest BCUT2D eigenvalue weighted by Crippen LogP contribution is 2.60. The molecule has 0 unspecified atom stereocenters. The first-order chi connectivity index (χ1) is 12.2. The summed E-state index contributed by atoms with van der Waals surface area (Å²) in [6.07, 6.45) is 8.74. The third-order valence-corrected chi connectivity index (χ3v) is 7.22. The van der Waals surface area contributed by atoms with Crippen molar-refractivity contribution in [2.45, 2.75) is 51.0 Å². The van der Waals surface area contributed by atoms with Crippen molar-refractivity contribution < 1.29 is 9.53 Å². The lowest BCUT2D eigenvalue weighted by Crippen LogP contribution is -2.57. The fraction of sp³-hybridized carbons (Fsp3) is 0.682. The van der Waals surface area contributed by atoms with Crippen LogP contribution >= 0.6 is 0 Å². The Hall–Kier alpha value is -1.35. The first-order valence-corrected chi connectivity index (χ1v) is 10.2. The summed E-state index contributed by atoms with van der Waals surface area (Å²) in [6, 6.07) is 10.5. The SMILES string of the molecule is O=C(N1CCO[C@H](Cc2ccccc2)C1)C12CC3CC(CC(C3)C1)C2. The van der Waals surface area contributed by atoms with Gasteiger partial charge in [0.1, 0.15) is 0 Å². The maximum Gasteiger partial charge on any atom is 0.228 e. The summed E-state index contributed by atoms with van der Waals surface area (Å²) < 4.78 is 5.99. The number of ether oxygens (including phenoxy) is 1. The van der Waals surface area contributed by atoms with Crippen LogP contribution < -0.4 is 0 Å². The molecule has 5 fully saturated rings. The van der Waals surface area contributed by atoms with E-state index in [1.807, 2.05) is 6.07 Å². The van der Waals surface area contributed by atoms with Crippen molar-refractivity contribution in [1.82, 2.24) is 4.90 Å². The van der Waals surface area contributed by atoms with Gasteiger partial charge < -0.3 is 9.64 Å². The average Bonchev–Trinajstić information content (AvgIpc) is 2.61. The summed E-state index contributed by atoms with van der Waals surface area (Å²) in [7, 11) is 0. The molecule has 134 valence electrons. The molecule has 1 aromatic rings. The predicted octanol–water partition coefficient (Wildman–Crippen LogP) is 3.67. The maximum atomic E-state index is 13.5. The molecule has 4 saturated carbocycles. The second kappa shape index (κ2) is 6.12. The number of benzene rings is 1. The van der Waals surface area contributed by atoms with Gasteiger partial charge in [0.2, 0.25) is 5.91 Å². The molecule has 0 spiro atoms. The van der Waals surface area contributed by atoms with Gasteiger partial charge in [0.15, 0.2) is 0 Å². The number of rotatable bonds is 3. The number of hydrogen-bond acceptors (Lipinski definition) is 2. The van der Waals surface area contributed by atoms with Crippen molar-refractivity contribution in [3.8, 4) is 0 Å². The highest BCUT2D eigenvalue weighted by molar-refractivity contribution is 5.83. The fourth-order valence-electron chi connectivity index (χ4n) is 6.61. The Balaban J connectivity index is 1.29. The fourth-order valence-corrected chi connectivity index (χ4v) is 6.61. The van der Waals surface area contributed by atoms with Gasteiger partial charge in [0.05, 0.1) is 18.1 Å². The van der Waals surface area contributed by atoms with Crippen molar-refractivity contribution in [3.63, 3.8) is 0 Å². The molecule has 6 rings (SSSR count). The Bertz CT molecular complexity index is 605. The Labute approximate surface area is 150 Å². The van der Waals surface area contributed by atoms with Gasteiger partial charge in [-0.15, -0.1) is 0 Å². The lowest BCUT2D eigenvalue weighted by atomic mass is 9.49. The average molecular weight is 339 g/mol. The quantitative estimate of drug-likeness (QED) is 0.841. The molecule has 1 aliphatic heterocycles. The molecule has 1 amide bonds. The molecule has 3 heteroatoms. The molecule has 0 radical (unpaired) electrons. The van der Waals surface area contributed by atoms with Gasteiger partial charge in [-0.1, -0.05) is 30.3 Å². The first kappa shape index (κ1) is 15.9. The number of carbonyl (C=O) groups excluding carboxylic acids is 1. The molecular formula is C22H29NO2. The first-order valence-electron chi connectivity index (χ1n) is 10.2. The van der Waals surface area contributed by atoms with Crippen LogP contribution in [0.1, 0.15) is 44.1 Å². The van der Waals surface area contributed by atoms with E-state index in [2.05, 4.69) is 29.2 Å². The zero-order valence-corrected chi connectivity index (χ0v) is 15.0. The van der Waals surface area contributed by atoms with E-state index in [9.17, 15) is 4.79 Å². The van der Waals surface area contributed by atoms with Crippen LogP contribution in [0, 0.1) is 23.2 Å². The molecule has 25 heavy (non-hydrogen) atoms. The van der Waals surface area contributed by atoms with Crippen LogP contribution in [0.15, 0.2) is 30.3 Å². The molecule has 4 bridgehead atoms. The van der Waals surface area contributed by atoms with Crippen molar-refractivity contribution >= 4 is 5.91 Å². The molecule has 0 aromatic heterocycles. The standard InChI is InChI=1S/C22H29NO2/c24-21(22-12-17-8-18(13-22)10-19(9-17)14-22)23-6-7-25-20(15-23)11-16-4-2-1-3-5-16/h1-5,17-20H,6-15H2/t17?,18?,19?,20-,22?/m1/s1. The van der Waals surface area contributed by atoms with Gasteiger partial charge in [0.25, 0.3) is 0 Å². The number of amides is 1. The molecule has 1 aromatic carbocycles. The Morgan fingerprint density at radius 1 is 1.04 bits per heavy atom. The van der Waals surface area contributed by atoms with Crippen LogP contribution in [-0.4, -0.2) is 36.6 Å². The summed E-state index contributed by atoms with van der Waals surface area (Å²) in [5, 5.41) is 0. The molecule has 1 atom stereocenters.